The van der Waals surface area contributed by atoms with Crippen LogP contribution in [-0.4, -0.2) is 60.4 Å². The SMILES string of the molecule is CC(C)NC(CN(C)C1CCOCC1)(C(=O)O)C1CC1. The van der Waals surface area contributed by atoms with Gasteiger partial charge in [-0.1, -0.05) is 0 Å². The monoisotopic (exact) mass is 284 g/mol. The van der Waals surface area contributed by atoms with Gasteiger partial charge in [0.2, 0.25) is 0 Å². The van der Waals surface area contributed by atoms with Crippen molar-refractivity contribution in [3.8, 4) is 0 Å². The summed E-state index contributed by atoms with van der Waals surface area (Å²) in [5.41, 5.74) is -0.790. The fraction of sp³-hybridized carbons (Fsp3) is 0.933. The molecule has 1 saturated carbocycles. The van der Waals surface area contributed by atoms with Gasteiger partial charge in [0.15, 0.2) is 0 Å². The van der Waals surface area contributed by atoms with Crippen molar-refractivity contribution in [2.75, 3.05) is 26.8 Å². The van der Waals surface area contributed by atoms with Gasteiger partial charge in [-0.15, -0.1) is 0 Å². The third kappa shape index (κ3) is 3.51. The van der Waals surface area contributed by atoms with E-state index in [1.54, 1.807) is 0 Å². The molecule has 0 amide bonds. The minimum atomic E-state index is -0.790. The topological polar surface area (TPSA) is 61.8 Å². The molecule has 1 aliphatic carbocycles. The summed E-state index contributed by atoms with van der Waals surface area (Å²) in [5.74, 6) is -0.433. The van der Waals surface area contributed by atoms with Gasteiger partial charge >= 0.3 is 5.97 Å². The van der Waals surface area contributed by atoms with E-state index in [1.807, 2.05) is 13.8 Å². The third-order valence-corrected chi connectivity index (χ3v) is 4.52. The summed E-state index contributed by atoms with van der Waals surface area (Å²) in [4.78, 5) is 14.2. The smallest absolute Gasteiger partial charge is 0.325 e. The summed E-state index contributed by atoms with van der Waals surface area (Å²) in [6, 6.07) is 0.616. The fourth-order valence-corrected chi connectivity index (χ4v) is 3.34. The van der Waals surface area contributed by atoms with Crippen molar-refractivity contribution in [3.05, 3.63) is 0 Å². The quantitative estimate of drug-likeness (QED) is 0.738. The Labute approximate surface area is 121 Å². The molecule has 20 heavy (non-hydrogen) atoms. The van der Waals surface area contributed by atoms with Crippen LogP contribution in [0.25, 0.3) is 0 Å². The van der Waals surface area contributed by atoms with E-state index in [-0.39, 0.29) is 12.0 Å². The first-order chi connectivity index (χ1) is 9.45. The molecule has 0 aromatic heterocycles. The van der Waals surface area contributed by atoms with Gasteiger partial charge in [-0.3, -0.25) is 10.1 Å². The fourth-order valence-electron chi connectivity index (χ4n) is 3.34. The number of carboxylic acid groups (broad SMARTS) is 1. The zero-order chi connectivity index (χ0) is 14.8. The summed E-state index contributed by atoms with van der Waals surface area (Å²) in [6.45, 7) is 6.20. The van der Waals surface area contributed by atoms with Crippen molar-refractivity contribution in [2.24, 2.45) is 5.92 Å². The lowest BCUT2D eigenvalue weighted by Gasteiger charge is -2.40. The molecule has 0 radical (unpaired) electrons. The van der Waals surface area contributed by atoms with Crippen LogP contribution in [0.4, 0.5) is 0 Å². The van der Waals surface area contributed by atoms with Crippen molar-refractivity contribution in [1.82, 2.24) is 10.2 Å². The molecule has 1 heterocycles. The predicted octanol–water partition coefficient (Wildman–Crippen LogP) is 1.33. The third-order valence-electron chi connectivity index (χ3n) is 4.52. The number of nitrogens with one attached hydrogen (secondary N) is 1. The Hall–Kier alpha value is -0.650. The Bertz CT molecular complexity index is 338. The molecule has 2 aliphatic rings. The van der Waals surface area contributed by atoms with Crippen molar-refractivity contribution in [2.45, 2.75) is 57.2 Å². The molecule has 0 spiro atoms. The van der Waals surface area contributed by atoms with Gasteiger partial charge in [-0.2, -0.15) is 0 Å². The van der Waals surface area contributed by atoms with Crippen LogP contribution in [-0.2, 0) is 9.53 Å². The highest BCUT2D eigenvalue weighted by atomic mass is 16.5. The van der Waals surface area contributed by atoms with Gasteiger partial charge in [0.1, 0.15) is 5.54 Å². The highest BCUT2D eigenvalue weighted by Gasteiger charge is 2.52. The van der Waals surface area contributed by atoms with Gasteiger partial charge in [-0.05, 0) is 52.5 Å². The van der Waals surface area contributed by atoms with Crippen LogP contribution in [0.3, 0.4) is 0 Å². The number of nitrogens with zero attached hydrogens (tertiary/aromatic N) is 1. The highest BCUT2D eigenvalue weighted by molar-refractivity contribution is 5.80. The lowest BCUT2D eigenvalue weighted by molar-refractivity contribution is -0.147. The number of aliphatic carboxylic acids is 1. The first-order valence-electron chi connectivity index (χ1n) is 7.75. The van der Waals surface area contributed by atoms with E-state index >= 15 is 0 Å². The van der Waals surface area contributed by atoms with Crippen LogP contribution in [0.5, 0.6) is 0 Å². The van der Waals surface area contributed by atoms with Crippen molar-refractivity contribution in [1.29, 1.82) is 0 Å². The molecule has 5 nitrogen and oxygen atoms in total. The number of rotatable bonds is 7. The molecule has 1 saturated heterocycles. The number of hydrogen-bond donors (Lipinski definition) is 2. The van der Waals surface area contributed by atoms with Crippen LogP contribution < -0.4 is 5.32 Å². The standard InChI is InChI=1S/C15H28N2O3/c1-11(2)16-15(14(18)19,12-4-5-12)10-17(3)13-6-8-20-9-7-13/h11-13,16H,4-10H2,1-3H3,(H,18,19). The number of likely N-dealkylation sites (N-methyl/N-ethyl adjacent to an activating group) is 1. The second-order valence-electron chi connectivity index (χ2n) is 6.61. The van der Waals surface area contributed by atoms with Crippen molar-refractivity contribution < 1.29 is 14.6 Å². The average molecular weight is 284 g/mol. The molecule has 0 aromatic carbocycles. The van der Waals surface area contributed by atoms with Crippen LogP contribution in [0, 0.1) is 5.92 Å². The highest BCUT2D eigenvalue weighted by Crippen LogP contribution is 2.41. The number of carboxylic acids is 1. The second-order valence-corrected chi connectivity index (χ2v) is 6.61. The van der Waals surface area contributed by atoms with E-state index in [4.69, 9.17) is 4.74 Å². The molecule has 2 rings (SSSR count). The Morgan fingerprint density at radius 2 is 1.95 bits per heavy atom. The lowest BCUT2D eigenvalue weighted by atomic mass is 9.90. The average Bonchev–Trinajstić information content (AvgIpc) is 3.22. The Morgan fingerprint density at radius 3 is 2.40 bits per heavy atom. The largest absolute Gasteiger partial charge is 0.480 e. The molecule has 0 aromatic rings. The van der Waals surface area contributed by atoms with Gasteiger partial charge in [0.25, 0.3) is 0 Å². The van der Waals surface area contributed by atoms with Gasteiger partial charge in [-0.25, -0.2) is 0 Å². The molecule has 1 atom stereocenters. The van der Waals surface area contributed by atoms with E-state index in [0.717, 1.165) is 38.9 Å². The van der Waals surface area contributed by atoms with E-state index in [9.17, 15) is 9.90 Å². The first-order valence-corrected chi connectivity index (χ1v) is 7.75. The minimum Gasteiger partial charge on any atom is -0.480 e. The van der Waals surface area contributed by atoms with Crippen LogP contribution in [0.1, 0.15) is 39.5 Å². The number of hydrogen-bond acceptors (Lipinski definition) is 4. The van der Waals surface area contributed by atoms with Gasteiger partial charge in [0.05, 0.1) is 0 Å². The normalized spacial score (nSPS) is 24.1. The molecule has 2 fully saturated rings. The molecule has 116 valence electrons. The summed E-state index contributed by atoms with van der Waals surface area (Å²) in [6.07, 6.45) is 4.04. The van der Waals surface area contributed by atoms with Gasteiger partial charge in [0, 0.05) is 31.8 Å². The summed E-state index contributed by atoms with van der Waals surface area (Å²) in [7, 11) is 2.05. The van der Waals surface area contributed by atoms with Crippen LogP contribution in [0.2, 0.25) is 0 Å². The number of carbonyl (C=O) groups is 1. The van der Waals surface area contributed by atoms with Gasteiger partial charge < -0.3 is 14.7 Å². The Morgan fingerprint density at radius 1 is 1.35 bits per heavy atom. The summed E-state index contributed by atoms with van der Waals surface area (Å²) < 4.78 is 5.39. The molecule has 0 bridgehead atoms. The van der Waals surface area contributed by atoms with E-state index < -0.39 is 11.5 Å². The van der Waals surface area contributed by atoms with E-state index in [0.29, 0.717) is 12.6 Å². The maximum Gasteiger partial charge on any atom is 0.325 e. The molecule has 1 aliphatic heterocycles. The maximum atomic E-state index is 11.9. The Kier molecular flexibility index (Phi) is 5.04. The Balaban J connectivity index is 2.07. The van der Waals surface area contributed by atoms with E-state index in [2.05, 4.69) is 17.3 Å². The summed E-state index contributed by atoms with van der Waals surface area (Å²) in [5, 5.41) is 13.2. The van der Waals surface area contributed by atoms with Crippen molar-refractivity contribution in [3.63, 3.8) is 0 Å². The molecule has 1 unspecified atom stereocenters. The first kappa shape index (κ1) is 15.7. The summed E-state index contributed by atoms with van der Waals surface area (Å²) >= 11 is 0. The zero-order valence-corrected chi connectivity index (χ0v) is 12.9. The minimum absolute atomic E-state index is 0.176. The molecular weight excluding hydrogens is 256 g/mol. The lowest BCUT2D eigenvalue weighted by Crippen LogP contribution is -2.63. The van der Waals surface area contributed by atoms with Crippen LogP contribution >= 0.6 is 0 Å². The van der Waals surface area contributed by atoms with Crippen LogP contribution in [0.15, 0.2) is 0 Å². The zero-order valence-electron chi connectivity index (χ0n) is 12.9. The maximum absolute atomic E-state index is 11.9. The molecule has 5 heteroatoms. The second kappa shape index (κ2) is 6.41. The van der Waals surface area contributed by atoms with E-state index in [1.165, 1.54) is 0 Å². The van der Waals surface area contributed by atoms with Crippen molar-refractivity contribution >= 4 is 5.97 Å². The molecular formula is C15H28N2O3. The molecule has 2 N–H and O–H groups in total. The predicted molar refractivity (Wildman–Crippen MR) is 77.8 cm³/mol. The number of ether oxygens (including phenoxy) is 1.